The van der Waals surface area contributed by atoms with Crippen LogP contribution in [0.25, 0.3) is 0 Å². The molecule has 5 heteroatoms. The second-order valence-electron chi connectivity index (χ2n) is 6.18. The van der Waals surface area contributed by atoms with Crippen molar-refractivity contribution in [1.29, 1.82) is 0 Å². The van der Waals surface area contributed by atoms with Gasteiger partial charge in [0.2, 0.25) is 0 Å². The fraction of sp³-hybridized carbons (Fsp3) is 0.389. The summed E-state index contributed by atoms with van der Waals surface area (Å²) in [6.45, 7) is 4.77. The van der Waals surface area contributed by atoms with Gasteiger partial charge in [0.15, 0.2) is 0 Å². The van der Waals surface area contributed by atoms with Gasteiger partial charge in [0.05, 0.1) is 5.56 Å². The van der Waals surface area contributed by atoms with E-state index in [0.29, 0.717) is 18.5 Å². The van der Waals surface area contributed by atoms with Crippen LogP contribution in [0.15, 0.2) is 46.7 Å². The first-order chi connectivity index (χ1) is 11.0. The summed E-state index contributed by atoms with van der Waals surface area (Å²) >= 11 is 3.42. The smallest absolute Gasteiger partial charge is 0.252 e. The maximum Gasteiger partial charge on any atom is 0.252 e. The van der Waals surface area contributed by atoms with E-state index in [4.69, 9.17) is 5.11 Å². The summed E-state index contributed by atoms with van der Waals surface area (Å²) in [5.41, 5.74) is 0.609. The minimum absolute atomic E-state index is 0.0507. The number of benzene rings is 1. The maximum atomic E-state index is 12.5. The molecule has 124 valence electrons. The lowest BCUT2D eigenvalue weighted by molar-refractivity contribution is 0.0925. The summed E-state index contributed by atoms with van der Waals surface area (Å²) in [5, 5.41) is 14.1. The number of carbonyl (C=O) groups excluding carboxylic acids is 1. The van der Waals surface area contributed by atoms with Gasteiger partial charge in [-0.25, -0.2) is 0 Å². The minimum Gasteiger partial charge on any atom is -0.396 e. The van der Waals surface area contributed by atoms with E-state index < -0.39 is 0 Å². The minimum atomic E-state index is -0.108. The number of thioether (sulfide) groups is 1. The molecule has 0 saturated carbocycles. The lowest BCUT2D eigenvalue weighted by atomic mass is 9.89. The lowest BCUT2D eigenvalue weighted by Gasteiger charge is -2.24. The van der Waals surface area contributed by atoms with Crippen LogP contribution < -0.4 is 5.32 Å². The molecule has 3 nitrogen and oxygen atoms in total. The molecule has 2 rings (SSSR count). The largest absolute Gasteiger partial charge is 0.396 e. The van der Waals surface area contributed by atoms with Crippen LogP contribution in [-0.4, -0.2) is 24.2 Å². The van der Waals surface area contributed by atoms with Crippen molar-refractivity contribution in [3.8, 4) is 0 Å². The molecule has 0 saturated heterocycles. The number of aliphatic hydroxyl groups excluding tert-OH is 1. The second-order valence-corrected chi connectivity index (χ2v) is 8.23. The number of aliphatic hydroxyl groups is 1. The molecule has 0 unspecified atom stereocenters. The van der Waals surface area contributed by atoms with Crippen LogP contribution in [0.2, 0.25) is 0 Å². The first-order valence-corrected chi connectivity index (χ1v) is 9.52. The predicted octanol–water partition coefficient (Wildman–Crippen LogP) is 4.18. The average molecular weight is 350 g/mol. The fourth-order valence-corrected chi connectivity index (χ4v) is 3.95. The van der Waals surface area contributed by atoms with Gasteiger partial charge in [0.1, 0.15) is 0 Å². The molecule has 0 aliphatic heterocycles. The molecule has 1 aromatic heterocycles. The SMILES string of the molecule is CC(C)(CCO)CNC(=O)c1ccccc1SCc1cccs1. The van der Waals surface area contributed by atoms with Crippen molar-refractivity contribution >= 4 is 29.0 Å². The van der Waals surface area contributed by atoms with Gasteiger partial charge in [-0.05, 0) is 35.4 Å². The highest BCUT2D eigenvalue weighted by atomic mass is 32.2. The summed E-state index contributed by atoms with van der Waals surface area (Å²) < 4.78 is 0. The molecule has 2 aromatic rings. The first kappa shape index (κ1) is 18.0. The molecule has 1 heterocycles. The zero-order valence-electron chi connectivity index (χ0n) is 13.5. The topological polar surface area (TPSA) is 49.3 Å². The average Bonchev–Trinajstić information content (AvgIpc) is 3.04. The summed E-state index contributed by atoms with van der Waals surface area (Å²) in [4.78, 5) is 14.8. The van der Waals surface area contributed by atoms with E-state index in [1.165, 1.54) is 4.88 Å². The van der Waals surface area contributed by atoms with Crippen molar-refractivity contribution in [1.82, 2.24) is 5.32 Å². The van der Waals surface area contributed by atoms with Crippen LogP contribution >= 0.6 is 23.1 Å². The Kier molecular flexibility index (Phi) is 6.69. The summed E-state index contributed by atoms with van der Waals surface area (Å²) in [5.74, 6) is 0.822. The highest BCUT2D eigenvalue weighted by molar-refractivity contribution is 7.98. The molecule has 1 aromatic carbocycles. The molecule has 0 bridgehead atoms. The monoisotopic (exact) mass is 349 g/mol. The van der Waals surface area contributed by atoms with E-state index in [-0.39, 0.29) is 17.9 Å². The zero-order chi connectivity index (χ0) is 16.7. The number of hydrogen-bond acceptors (Lipinski definition) is 4. The van der Waals surface area contributed by atoms with Crippen molar-refractivity contribution in [2.45, 2.75) is 30.9 Å². The number of rotatable bonds is 8. The molecule has 2 N–H and O–H groups in total. The Balaban J connectivity index is 1.99. The quantitative estimate of drug-likeness (QED) is 0.703. The highest BCUT2D eigenvalue weighted by Gasteiger charge is 2.19. The van der Waals surface area contributed by atoms with Crippen molar-refractivity contribution in [2.24, 2.45) is 5.41 Å². The van der Waals surface area contributed by atoms with Gasteiger partial charge in [-0.15, -0.1) is 23.1 Å². The van der Waals surface area contributed by atoms with E-state index in [1.807, 2.05) is 44.2 Å². The molecule has 1 amide bonds. The van der Waals surface area contributed by atoms with Crippen LogP contribution in [0.4, 0.5) is 0 Å². The Labute approximate surface area is 146 Å². The van der Waals surface area contributed by atoms with Gasteiger partial charge in [-0.2, -0.15) is 0 Å². The van der Waals surface area contributed by atoms with Gasteiger partial charge in [-0.1, -0.05) is 32.0 Å². The van der Waals surface area contributed by atoms with Gasteiger partial charge in [-0.3, -0.25) is 4.79 Å². The second kappa shape index (κ2) is 8.52. The van der Waals surface area contributed by atoms with Crippen molar-refractivity contribution in [3.05, 3.63) is 52.2 Å². The van der Waals surface area contributed by atoms with Gasteiger partial charge >= 0.3 is 0 Å². The third-order valence-electron chi connectivity index (χ3n) is 3.60. The Bertz CT molecular complexity index is 624. The van der Waals surface area contributed by atoms with Crippen LogP contribution in [0, 0.1) is 5.41 Å². The first-order valence-electron chi connectivity index (χ1n) is 7.65. The van der Waals surface area contributed by atoms with Crippen LogP contribution in [-0.2, 0) is 5.75 Å². The van der Waals surface area contributed by atoms with E-state index >= 15 is 0 Å². The van der Waals surface area contributed by atoms with Crippen molar-refractivity contribution in [2.75, 3.05) is 13.2 Å². The molecule has 0 radical (unpaired) electrons. The van der Waals surface area contributed by atoms with Crippen molar-refractivity contribution in [3.63, 3.8) is 0 Å². The lowest BCUT2D eigenvalue weighted by Crippen LogP contribution is -2.34. The van der Waals surface area contributed by atoms with Gasteiger partial charge in [0, 0.05) is 28.7 Å². The number of hydrogen-bond donors (Lipinski definition) is 2. The number of carbonyl (C=O) groups is 1. The summed E-state index contributed by atoms with van der Waals surface area (Å²) in [6, 6.07) is 11.9. The fourth-order valence-electron chi connectivity index (χ4n) is 2.13. The van der Waals surface area contributed by atoms with Crippen molar-refractivity contribution < 1.29 is 9.90 Å². The highest BCUT2D eigenvalue weighted by Crippen LogP contribution is 2.28. The zero-order valence-corrected chi connectivity index (χ0v) is 15.2. The van der Waals surface area contributed by atoms with Gasteiger partial charge < -0.3 is 10.4 Å². The van der Waals surface area contributed by atoms with E-state index in [9.17, 15) is 4.79 Å². The van der Waals surface area contributed by atoms with E-state index in [1.54, 1.807) is 23.1 Å². The Morgan fingerprint density at radius 3 is 2.74 bits per heavy atom. The summed E-state index contributed by atoms with van der Waals surface area (Å²) in [7, 11) is 0. The van der Waals surface area contributed by atoms with E-state index in [2.05, 4.69) is 16.8 Å². The van der Waals surface area contributed by atoms with Crippen LogP contribution in [0.1, 0.15) is 35.5 Å². The van der Waals surface area contributed by atoms with Gasteiger partial charge in [0.25, 0.3) is 5.91 Å². The van der Waals surface area contributed by atoms with Crippen LogP contribution in [0.5, 0.6) is 0 Å². The van der Waals surface area contributed by atoms with Crippen LogP contribution in [0.3, 0.4) is 0 Å². The maximum absolute atomic E-state index is 12.5. The molecule has 0 fully saturated rings. The van der Waals surface area contributed by atoms with E-state index in [0.717, 1.165) is 10.6 Å². The Hall–Kier alpha value is -1.30. The molecule has 0 atom stereocenters. The molecule has 0 aliphatic rings. The predicted molar refractivity (Wildman–Crippen MR) is 98.1 cm³/mol. The molecular formula is C18H23NO2S2. The molecular weight excluding hydrogens is 326 g/mol. The third-order valence-corrected chi connectivity index (χ3v) is 5.78. The normalized spacial score (nSPS) is 11.4. The third kappa shape index (κ3) is 5.68. The number of amides is 1. The Morgan fingerprint density at radius 1 is 1.26 bits per heavy atom. The molecule has 23 heavy (non-hydrogen) atoms. The standard InChI is InChI=1S/C18H23NO2S2/c1-18(2,9-10-20)13-19-17(21)15-7-3-4-8-16(15)23-12-14-6-5-11-22-14/h3-8,11,20H,9-10,12-13H2,1-2H3,(H,19,21). The molecule has 0 spiro atoms. The number of nitrogens with one attached hydrogen (secondary N) is 1. The number of thiophene rings is 1. The molecule has 0 aliphatic carbocycles. The Morgan fingerprint density at radius 2 is 2.04 bits per heavy atom. The summed E-state index contributed by atoms with van der Waals surface area (Å²) in [6.07, 6.45) is 0.669.